The third-order valence-corrected chi connectivity index (χ3v) is 6.62. The van der Waals surface area contributed by atoms with E-state index in [2.05, 4.69) is 38.9 Å². The summed E-state index contributed by atoms with van der Waals surface area (Å²) in [6.07, 6.45) is 27.9. The number of unbranched alkanes of at least 4 members (excludes halogenated alkanes) is 12. The highest BCUT2D eigenvalue weighted by molar-refractivity contribution is 5.51. The zero-order valence-electron chi connectivity index (χ0n) is 30.2. The SMILES string of the molecule is N#COCCCCCCCCCCCCN=C=O.N#COCCCCCCN=C=O.N#COc1ccc(N=C=O)cc1.N#COc1cccc(N=C=O)c1. The zero-order chi connectivity index (χ0) is 40.0. The van der Waals surface area contributed by atoms with Crippen LogP contribution < -0.4 is 9.47 Å². The van der Waals surface area contributed by atoms with Gasteiger partial charge in [-0.15, -0.1) is 10.5 Å². The molecule has 0 atom stereocenters. The van der Waals surface area contributed by atoms with Gasteiger partial charge in [0.05, 0.1) is 24.5 Å². The van der Waals surface area contributed by atoms with Gasteiger partial charge in [-0.05, 0) is 68.5 Å². The Kier molecular flexibility index (Phi) is 38.6. The second-order valence-electron chi connectivity index (χ2n) is 10.6. The Morgan fingerprint density at radius 3 is 1.30 bits per heavy atom. The van der Waals surface area contributed by atoms with Crippen LogP contribution in [0.25, 0.3) is 0 Å². The third-order valence-electron chi connectivity index (χ3n) is 6.62. The van der Waals surface area contributed by atoms with Gasteiger partial charge in [-0.2, -0.15) is 20.5 Å². The Hall–Kier alpha value is -6.88. The molecule has 0 aliphatic heterocycles. The van der Waals surface area contributed by atoms with Gasteiger partial charge in [0.15, 0.2) is 0 Å². The highest BCUT2D eigenvalue weighted by Crippen LogP contribution is 2.19. The van der Waals surface area contributed by atoms with E-state index in [-0.39, 0.29) is 0 Å². The number of hydrogen-bond donors (Lipinski definition) is 0. The summed E-state index contributed by atoms with van der Waals surface area (Å²) in [6, 6.07) is 12.5. The van der Waals surface area contributed by atoms with Gasteiger partial charge in [-0.3, -0.25) is 0 Å². The molecular weight excluding hydrogens is 696 g/mol. The molecule has 0 saturated heterocycles. The molecule has 0 amide bonds. The van der Waals surface area contributed by atoms with Gasteiger partial charge in [0.2, 0.25) is 24.3 Å². The van der Waals surface area contributed by atoms with E-state index in [1.54, 1.807) is 61.1 Å². The smallest absolute Gasteiger partial charge is 0.292 e. The first kappa shape index (κ1) is 49.2. The number of hydrogen-bond acceptors (Lipinski definition) is 16. The summed E-state index contributed by atoms with van der Waals surface area (Å²) < 4.78 is 18.1. The summed E-state index contributed by atoms with van der Waals surface area (Å²) in [7, 11) is 0. The van der Waals surface area contributed by atoms with Gasteiger partial charge in [-0.25, -0.2) is 29.2 Å². The molecule has 16 nitrogen and oxygen atoms in total. The van der Waals surface area contributed by atoms with E-state index in [1.807, 2.05) is 0 Å². The molecule has 0 aliphatic rings. The molecule has 2 aromatic carbocycles. The van der Waals surface area contributed by atoms with Crippen LogP contribution in [0.5, 0.6) is 11.5 Å². The lowest BCUT2D eigenvalue weighted by Crippen LogP contribution is -1.88. The molecule has 0 N–H and O–H groups in total. The molecule has 0 unspecified atom stereocenters. The average Bonchev–Trinajstić information content (AvgIpc) is 3.18. The first-order chi connectivity index (χ1) is 26.6. The zero-order valence-corrected chi connectivity index (χ0v) is 30.2. The van der Waals surface area contributed by atoms with Crippen LogP contribution in [0.3, 0.4) is 0 Å². The van der Waals surface area contributed by atoms with E-state index in [9.17, 15) is 19.2 Å². The molecule has 2 aromatic rings. The Morgan fingerprint density at radius 1 is 0.444 bits per heavy atom. The van der Waals surface area contributed by atoms with Crippen LogP contribution in [0.4, 0.5) is 11.4 Å². The summed E-state index contributed by atoms with van der Waals surface area (Å²) in [5.41, 5.74) is 0.896. The molecule has 0 radical (unpaired) electrons. The van der Waals surface area contributed by atoms with Crippen molar-refractivity contribution in [3.63, 3.8) is 0 Å². The van der Waals surface area contributed by atoms with Crippen molar-refractivity contribution in [2.45, 2.75) is 89.9 Å². The van der Waals surface area contributed by atoms with E-state index in [1.165, 1.54) is 75.3 Å². The van der Waals surface area contributed by atoms with Crippen LogP contribution >= 0.6 is 0 Å². The maximum Gasteiger partial charge on any atom is 0.292 e. The quantitative estimate of drug-likeness (QED) is 0.0428. The first-order valence-electron chi connectivity index (χ1n) is 17.1. The number of rotatable bonds is 24. The molecular formula is C38H44N8O8. The van der Waals surface area contributed by atoms with Crippen molar-refractivity contribution in [3.05, 3.63) is 48.5 Å². The molecule has 0 fully saturated rings. The van der Waals surface area contributed by atoms with Crippen molar-refractivity contribution in [3.8, 4) is 36.5 Å². The van der Waals surface area contributed by atoms with Crippen LogP contribution in [0, 0.1) is 46.1 Å². The molecule has 0 aliphatic carbocycles. The Labute approximate surface area is 315 Å². The molecule has 0 saturated carbocycles. The number of nitrogens with zero attached hydrogens (tertiary/aromatic N) is 8. The minimum Gasteiger partial charge on any atom is -0.428 e. The largest absolute Gasteiger partial charge is 0.428 e. The van der Waals surface area contributed by atoms with Crippen molar-refractivity contribution in [2.75, 3.05) is 26.3 Å². The van der Waals surface area contributed by atoms with Gasteiger partial charge in [0.1, 0.15) is 24.7 Å². The predicted octanol–water partition coefficient (Wildman–Crippen LogP) is 8.13. The topological polar surface area (TPSA) is 250 Å². The predicted molar refractivity (Wildman–Crippen MR) is 195 cm³/mol. The fourth-order valence-corrected chi connectivity index (χ4v) is 4.10. The van der Waals surface area contributed by atoms with Crippen molar-refractivity contribution in [1.29, 1.82) is 21.0 Å². The highest BCUT2D eigenvalue weighted by atomic mass is 16.5. The third kappa shape index (κ3) is 36.4. The monoisotopic (exact) mass is 740 g/mol. The fraction of sp³-hybridized carbons (Fsp3) is 0.474. The molecule has 16 heteroatoms. The Morgan fingerprint density at radius 2 is 0.870 bits per heavy atom. The first-order valence-corrected chi connectivity index (χ1v) is 17.1. The van der Waals surface area contributed by atoms with E-state index in [0.717, 1.165) is 51.4 Å². The number of carbonyl (C=O) groups excluding carboxylic acids is 4. The average molecular weight is 741 g/mol. The molecule has 284 valence electrons. The van der Waals surface area contributed by atoms with E-state index < -0.39 is 0 Å². The lowest BCUT2D eigenvalue weighted by molar-refractivity contribution is 0.260. The summed E-state index contributed by atoms with van der Waals surface area (Å²) in [5.74, 6) is 0.774. The highest BCUT2D eigenvalue weighted by Gasteiger charge is 1.95. The van der Waals surface area contributed by atoms with Gasteiger partial charge >= 0.3 is 0 Å². The summed E-state index contributed by atoms with van der Waals surface area (Å²) in [4.78, 5) is 52.8. The van der Waals surface area contributed by atoms with Crippen LogP contribution in [-0.2, 0) is 28.7 Å². The van der Waals surface area contributed by atoms with Crippen molar-refractivity contribution < 1.29 is 38.1 Å². The van der Waals surface area contributed by atoms with Gasteiger partial charge in [-0.1, -0.05) is 63.9 Å². The van der Waals surface area contributed by atoms with E-state index >= 15 is 0 Å². The number of nitriles is 4. The molecule has 2 rings (SSSR count). The molecule has 0 spiro atoms. The molecule has 0 heterocycles. The van der Waals surface area contributed by atoms with Crippen LogP contribution in [0.2, 0.25) is 0 Å². The van der Waals surface area contributed by atoms with Gasteiger partial charge < -0.3 is 18.9 Å². The normalized spacial score (nSPS) is 8.52. The lowest BCUT2D eigenvalue weighted by atomic mass is 10.1. The maximum atomic E-state index is 9.85. The van der Waals surface area contributed by atoms with Crippen molar-refractivity contribution >= 4 is 35.7 Å². The Balaban J connectivity index is 0. The van der Waals surface area contributed by atoms with Crippen molar-refractivity contribution in [2.24, 2.45) is 20.0 Å². The number of isocyanates is 4. The summed E-state index contributed by atoms with van der Waals surface area (Å²) in [5, 5.41) is 32.5. The molecule has 0 bridgehead atoms. The summed E-state index contributed by atoms with van der Waals surface area (Å²) >= 11 is 0. The second kappa shape index (κ2) is 42.3. The fourth-order valence-electron chi connectivity index (χ4n) is 4.10. The van der Waals surface area contributed by atoms with E-state index in [4.69, 9.17) is 21.0 Å². The summed E-state index contributed by atoms with van der Waals surface area (Å²) in [6.45, 7) is 2.25. The minimum absolute atomic E-state index is 0.356. The standard InChI is InChI=1S/C14H24N2O2.2C8H4N2O2.C8H12N2O2/c15-13-18-12-10-8-6-4-2-1-3-5-7-9-11-16-14-17;9-5-12-8-3-1-7(2-4-8)10-6-11;9-5-12-8-3-1-2-7(4-8)10-6-11;9-7-12-6-4-2-1-3-5-10-8-11/h1-12H2;2*1-4H;1-6H2. The molecule has 54 heavy (non-hydrogen) atoms. The van der Waals surface area contributed by atoms with Gasteiger partial charge in [0, 0.05) is 6.07 Å². The molecule has 0 aromatic heterocycles. The van der Waals surface area contributed by atoms with Gasteiger partial charge in [0.25, 0.3) is 25.0 Å². The minimum atomic E-state index is 0.356. The number of aliphatic imine (C=N–C) groups is 4. The number of benzene rings is 2. The number of ether oxygens (including phenoxy) is 4. The second-order valence-corrected chi connectivity index (χ2v) is 10.6. The van der Waals surface area contributed by atoms with Crippen LogP contribution in [-0.4, -0.2) is 50.6 Å². The lowest BCUT2D eigenvalue weighted by Gasteiger charge is -2.01. The van der Waals surface area contributed by atoms with E-state index in [0.29, 0.717) is 49.2 Å². The van der Waals surface area contributed by atoms with Crippen LogP contribution in [0.1, 0.15) is 89.9 Å². The maximum absolute atomic E-state index is 9.85. The van der Waals surface area contributed by atoms with Crippen LogP contribution in [0.15, 0.2) is 68.5 Å². The Bertz CT molecular complexity index is 1620. The van der Waals surface area contributed by atoms with Crippen molar-refractivity contribution in [1.82, 2.24) is 0 Å².